The van der Waals surface area contributed by atoms with Gasteiger partial charge in [-0.25, -0.2) is 14.8 Å². The molecular weight excluding hydrogens is 468 g/mol. The zero-order valence-corrected chi connectivity index (χ0v) is 21.0. The average Bonchev–Trinajstić information content (AvgIpc) is 3.55. The fourth-order valence-electron chi connectivity index (χ4n) is 4.40. The molecule has 0 atom stereocenters. The van der Waals surface area contributed by atoms with Crippen molar-refractivity contribution < 1.29 is 9.53 Å². The second-order valence-corrected chi connectivity index (χ2v) is 10.2. The fourth-order valence-corrected chi connectivity index (χ4v) is 4.54. The number of ether oxygens (including phenoxy) is 1. The van der Waals surface area contributed by atoms with E-state index in [1.54, 1.807) is 23.0 Å². The number of carbonyl (C=O) groups excluding carboxylic acids is 1. The molecule has 10 heteroatoms. The van der Waals surface area contributed by atoms with Crippen molar-refractivity contribution in [2.45, 2.75) is 65.6 Å². The third-order valence-corrected chi connectivity index (χ3v) is 6.68. The van der Waals surface area contributed by atoms with Crippen LogP contribution in [0.25, 0.3) is 22.2 Å². The molecule has 9 nitrogen and oxygen atoms in total. The van der Waals surface area contributed by atoms with Gasteiger partial charge in [-0.05, 0) is 51.3 Å². The van der Waals surface area contributed by atoms with Crippen LogP contribution in [0.5, 0.6) is 0 Å². The largest absolute Gasteiger partial charge is 0.465 e. The van der Waals surface area contributed by atoms with Crippen LogP contribution in [0.1, 0.15) is 58.3 Å². The molecule has 0 N–H and O–H groups in total. The smallest absolute Gasteiger partial charge is 0.329 e. The Balaban J connectivity index is 1.57. The van der Waals surface area contributed by atoms with Crippen LogP contribution in [0.15, 0.2) is 35.4 Å². The molecule has 0 radical (unpaired) electrons. The van der Waals surface area contributed by atoms with Crippen molar-refractivity contribution in [2.75, 3.05) is 6.61 Å². The Labute approximate surface area is 207 Å². The van der Waals surface area contributed by atoms with Crippen molar-refractivity contribution in [3.63, 3.8) is 0 Å². The summed E-state index contributed by atoms with van der Waals surface area (Å²) in [4.78, 5) is 39.7. The van der Waals surface area contributed by atoms with Crippen molar-refractivity contribution in [1.82, 2.24) is 28.7 Å². The summed E-state index contributed by atoms with van der Waals surface area (Å²) in [7, 11) is 0. The summed E-state index contributed by atoms with van der Waals surface area (Å²) in [6, 6.07) is 5.65. The number of imidazole rings is 2. The molecule has 5 rings (SSSR count). The maximum atomic E-state index is 13.4. The van der Waals surface area contributed by atoms with Gasteiger partial charge >= 0.3 is 11.7 Å². The lowest BCUT2D eigenvalue weighted by Gasteiger charge is -2.24. The highest BCUT2D eigenvalue weighted by Gasteiger charge is 2.33. The Morgan fingerprint density at radius 1 is 1.14 bits per heavy atom. The zero-order chi connectivity index (χ0) is 24.7. The molecule has 0 bridgehead atoms. The summed E-state index contributed by atoms with van der Waals surface area (Å²) in [6.07, 6.45) is 7.19. The minimum atomic E-state index is -0.815. The van der Waals surface area contributed by atoms with Crippen LogP contribution in [0.2, 0.25) is 5.15 Å². The molecule has 1 aliphatic carbocycles. The number of fused-ring (bicyclic) bond motifs is 2. The summed E-state index contributed by atoms with van der Waals surface area (Å²) in [5, 5.41) is 0.332. The van der Waals surface area contributed by atoms with Crippen LogP contribution in [0, 0.1) is 5.41 Å². The quantitative estimate of drug-likeness (QED) is 0.194. The van der Waals surface area contributed by atoms with Gasteiger partial charge in [-0.2, -0.15) is 0 Å². The van der Waals surface area contributed by atoms with Crippen LogP contribution in [-0.4, -0.2) is 41.2 Å². The molecule has 4 aromatic rings. The van der Waals surface area contributed by atoms with Gasteiger partial charge in [-0.1, -0.05) is 24.9 Å². The first-order valence-corrected chi connectivity index (χ1v) is 12.4. The normalized spacial score (nSPS) is 14.2. The standard InChI is InChI=1S/C25H29ClN6O3/c1-4-5-12-35-23(33)25(2,3)15-31-18-8-9-20(26)28-22(18)29-21(31)14-30-19-13-27-11-10-17(19)32(24(30)34)16-6-7-16/h8-11,13,16H,4-7,12,14-15H2,1-3H3. The van der Waals surface area contributed by atoms with E-state index >= 15 is 0 Å². The van der Waals surface area contributed by atoms with E-state index in [2.05, 4.69) is 16.9 Å². The first-order chi connectivity index (χ1) is 16.8. The van der Waals surface area contributed by atoms with Crippen molar-refractivity contribution >= 4 is 39.8 Å². The van der Waals surface area contributed by atoms with E-state index in [4.69, 9.17) is 21.3 Å². The number of unbranched alkanes of at least 4 members (excludes halogenated alkanes) is 1. The molecule has 1 saturated carbocycles. The predicted octanol–water partition coefficient (Wildman–Crippen LogP) is 4.35. The molecule has 1 aliphatic rings. The SMILES string of the molecule is CCCCOC(=O)C(C)(C)Cn1c(Cn2c(=O)n(C3CC3)c3ccncc32)nc2nc(Cl)ccc21. The molecule has 0 aromatic carbocycles. The molecule has 0 amide bonds. The van der Waals surface area contributed by atoms with Crippen molar-refractivity contribution in [2.24, 2.45) is 5.41 Å². The Hall–Kier alpha value is -3.20. The Morgan fingerprint density at radius 2 is 1.94 bits per heavy atom. The molecule has 1 fully saturated rings. The number of halogens is 1. The molecule has 0 spiro atoms. The molecule has 184 valence electrons. The maximum absolute atomic E-state index is 13.4. The number of hydrogen-bond acceptors (Lipinski definition) is 6. The number of pyridine rings is 2. The van der Waals surface area contributed by atoms with Crippen LogP contribution in [0.3, 0.4) is 0 Å². The van der Waals surface area contributed by atoms with E-state index in [1.165, 1.54) is 0 Å². The molecule has 0 aliphatic heterocycles. The molecule has 0 saturated heterocycles. The van der Waals surface area contributed by atoms with Gasteiger partial charge in [0.2, 0.25) is 0 Å². The van der Waals surface area contributed by atoms with Crippen LogP contribution < -0.4 is 5.69 Å². The summed E-state index contributed by atoms with van der Waals surface area (Å²) in [5.74, 6) is 0.345. The van der Waals surface area contributed by atoms with E-state index in [9.17, 15) is 9.59 Å². The van der Waals surface area contributed by atoms with Crippen LogP contribution in [-0.2, 0) is 22.6 Å². The third-order valence-electron chi connectivity index (χ3n) is 6.47. The van der Waals surface area contributed by atoms with Gasteiger partial charge in [-0.15, -0.1) is 0 Å². The van der Waals surface area contributed by atoms with Crippen LogP contribution in [0.4, 0.5) is 0 Å². The van der Waals surface area contributed by atoms with Gasteiger partial charge in [0.1, 0.15) is 11.0 Å². The van der Waals surface area contributed by atoms with E-state index < -0.39 is 5.41 Å². The first kappa shape index (κ1) is 23.5. The highest BCUT2D eigenvalue weighted by atomic mass is 35.5. The number of rotatable bonds is 9. The van der Waals surface area contributed by atoms with E-state index in [-0.39, 0.29) is 24.2 Å². The lowest BCUT2D eigenvalue weighted by molar-refractivity contribution is -0.154. The predicted molar refractivity (Wildman–Crippen MR) is 134 cm³/mol. The number of aromatic nitrogens is 6. The second-order valence-electron chi connectivity index (χ2n) is 9.80. The molecule has 0 unspecified atom stereocenters. The Morgan fingerprint density at radius 3 is 2.69 bits per heavy atom. The molecule has 4 heterocycles. The minimum absolute atomic E-state index is 0.0849. The van der Waals surface area contributed by atoms with Crippen LogP contribution >= 0.6 is 11.6 Å². The first-order valence-electron chi connectivity index (χ1n) is 12.0. The van der Waals surface area contributed by atoms with E-state index in [0.29, 0.717) is 29.8 Å². The van der Waals surface area contributed by atoms with Gasteiger partial charge in [0.15, 0.2) is 5.65 Å². The summed E-state index contributed by atoms with van der Waals surface area (Å²) in [5.41, 5.74) is 1.95. The summed E-state index contributed by atoms with van der Waals surface area (Å²) in [6.45, 7) is 6.71. The number of carbonyl (C=O) groups is 1. The average molecular weight is 497 g/mol. The van der Waals surface area contributed by atoms with Crippen molar-refractivity contribution in [3.8, 4) is 0 Å². The van der Waals surface area contributed by atoms with Gasteiger partial charge in [0.25, 0.3) is 0 Å². The van der Waals surface area contributed by atoms with Gasteiger partial charge in [0, 0.05) is 18.8 Å². The Bertz CT molecular complexity index is 1460. The highest BCUT2D eigenvalue weighted by molar-refractivity contribution is 6.29. The highest BCUT2D eigenvalue weighted by Crippen LogP contribution is 2.36. The fraction of sp³-hybridized carbons (Fsp3) is 0.480. The summed E-state index contributed by atoms with van der Waals surface area (Å²) < 4.78 is 11.0. The lowest BCUT2D eigenvalue weighted by Crippen LogP contribution is -2.33. The monoisotopic (exact) mass is 496 g/mol. The zero-order valence-electron chi connectivity index (χ0n) is 20.2. The van der Waals surface area contributed by atoms with Crippen molar-refractivity contribution in [1.29, 1.82) is 0 Å². The van der Waals surface area contributed by atoms with Crippen molar-refractivity contribution in [3.05, 3.63) is 52.1 Å². The number of esters is 1. The van der Waals surface area contributed by atoms with Gasteiger partial charge in [0.05, 0.1) is 41.3 Å². The lowest BCUT2D eigenvalue weighted by atomic mass is 9.93. The second kappa shape index (κ2) is 9.11. The number of nitrogens with zero attached hydrogens (tertiary/aromatic N) is 6. The molecular formula is C25H29ClN6O3. The molecule has 4 aromatic heterocycles. The van der Waals surface area contributed by atoms with E-state index in [0.717, 1.165) is 42.2 Å². The minimum Gasteiger partial charge on any atom is -0.465 e. The maximum Gasteiger partial charge on any atom is 0.329 e. The van der Waals surface area contributed by atoms with Gasteiger partial charge in [-0.3, -0.25) is 18.9 Å². The Kier molecular flexibility index (Phi) is 6.13. The number of hydrogen-bond donors (Lipinski definition) is 0. The van der Waals surface area contributed by atoms with E-state index in [1.807, 2.05) is 35.1 Å². The van der Waals surface area contributed by atoms with Gasteiger partial charge < -0.3 is 9.30 Å². The molecule has 35 heavy (non-hydrogen) atoms. The third kappa shape index (κ3) is 4.45. The topological polar surface area (TPSA) is 96.8 Å². The summed E-state index contributed by atoms with van der Waals surface area (Å²) >= 11 is 6.14.